The zero-order chi connectivity index (χ0) is 15.7. The lowest BCUT2D eigenvalue weighted by Gasteiger charge is -2.34. The first-order chi connectivity index (χ1) is 9.82. The Morgan fingerprint density at radius 2 is 1.62 bits per heavy atom. The van der Waals surface area contributed by atoms with E-state index in [0.29, 0.717) is 24.5 Å². The molecule has 2 rings (SSSR count). The van der Waals surface area contributed by atoms with E-state index in [9.17, 15) is 9.59 Å². The minimum Gasteiger partial charge on any atom is -0.392 e. The van der Waals surface area contributed by atoms with Crippen molar-refractivity contribution in [2.45, 2.75) is 51.9 Å². The molecule has 21 heavy (non-hydrogen) atoms. The Labute approximate surface area is 131 Å². The summed E-state index contributed by atoms with van der Waals surface area (Å²) in [5.74, 6) is -0.343. The molecule has 0 spiro atoms. The van der Waals surface area contributed by atoms with Gasteiger partial charge in [0.15, 0.2) is 0 Å². The number of nitrogens with zero attached hydrogens (tertiary/aromatic N) is 1. The Morgan fingerprint density at radius 1 is 1.05 bits per heavy atom. The fourth-order valence-corrected chi connectivity index (χ4v) is 3.83. The topological polar surface area (TPSA) is 89.4 Å². The molecule has 2 fully saturated rings. The Hall–Kier alpha value is -1.17. The highest BCUT2D eigenvalue weighted by molar-refractivity contribution is 7.80. The highest BCUT2D eigenvalue weighted by atomic mass is 32.1. The highest BCUT2D eigenvalue weighted by Gasteiger charge is 2.48. The quantitative estimate of drug-likeness (QED) is 0.608. The van der Waals surface area contributed by atoms with E-state index in [-0.39, 0.29) is 11.8 Å². The van der Waals surface area contributed by atoms with Crippen molar-refractivity contribution in [2.75, 3.05) is 13.1 Å². The van der Waals surface area contributed by atoms with Gasteiger partial charge in [0.25, 0.3) is 0 Å². The van der Waals surface area contributed by atoms with Crippen molar-refractivity contribution >= 4 is 29.0 Å². The van der Waals surface area contributed by atoms with Gasteiger partial charge in [0, 0.05) is 13.1 Å². The number of likely N-dealkylation sites (tertiary alicyclic amines) is 1. The van der Waals surface area contributed by atoms with Crippen LogP contribution in [0.2, 0.25) is 0 Å². The van der Waals surface area contributed by atoms with Crippen LogP contribution in [0.1, 0.15) is 51.9 Å². The van der Waals surface area contributed by atoms with Crippen molar-refractivity contribution in [3.8, 4) is 0 Å². The molecule has 1 saturated heterocycles. The van der Waals surface area contributed by atoms with Gasteiger partial charge in [-0.15, -0.1) is 0 Å². The molecular formula is C15H25N3O2S. The minimum absolute atomic E-state index is 0.00174. The number of nitrogens with two attached hydrogens (primary N) is 2. The third-order valence-electron chi connectivity index (χ3n) is 5.19. The maximum atomic E-state index is 13.0. The van der Waals surface area contributed by atoms with Gasteiger partial charge >= 0.3 is 0 Å². The van der Waals surface area contributed by atoms with Gasteiger partial charge in [0.2, 0.25) is 11.8 Å². The Bertz CT molecular complexity index is 458. The average Bonchev–Trinajstić information content (AvgIpc) is 2.68. The van der Waals surface area contributed by atoms with Crippen LogP contribution in [0.15, 0.2) is 0 Å². The standard InChI is InChI=1S/C15H25N3O2S/c1-14(11(16)19)8-9-18(10-14)13(20)15(12(17)21)6-4-2-3-5-7-15/h2-10H2,1H3,(H2,16,19)(H2,17,21). The van der Waals surface area contributed by atoms with Crippen LogP contribution in [-0.4, -0.2) is 34.8 Å². The molecule has 1 heterocycles. The van der Waals surface area contributed by atoms with Crippen molar-refractivity contribution in [1.82, 2.24) is 4.90 Å². The Balaban J connectivity index is 2.20. The van der Waals surface area contributed by atoms with Gasteiger partial charge in [0.1, 0.15) is 0 Å². The smallest absolute Gasteiger partial charge is 0.235 e. The van der Waals surface area contributed by atoms with Gasteiger partial charge in [-0.25, -0.2) is 0 Å². The van der Waals surface area contributed by atoms with E-state index < -0.39 is 10.8 Å². The van der Waals surface area contributed by atoms with Gasteiger partial charge in [0.05, 0.1) is 15.8 Å². The summed E-state index contributed by atoms with van der Waals surface area (Å²) in [6, 6.07) is 0. The first kappa shape index (κ1) is 16.2. The van der Waals surface area contributed by atoms with Crippen LogP contribution in [0.3, 0.4) is 0 Å². The van der Waals surface area contributed by atoms with Gasteiger partial charge in [-0.1, -0.05) is 37.9 Å². The number of carbonyl (C=O) groups excluding carboxylic acids is 2. The molecule has 6 heteroatoms. The van der Waals surface area contributed by atoms with Gasteiger partial charge in [-0.05, 0) is 26.2 Å². The van der Waals surface area contributed by atoms with Crippen LogP contribution in [0.5, 0.6) is 0 Å². The summed E-state index contributed by atoms with van der Waals surface area (Å²) in [5.41, 5.74) is 10.1. The Morgan fingerprint density at radius 3 is 2.05 bits per heavy atom. The molecule has 0 aromatic carbocycles. The number of primary amides is 1. The zero-order valence-electron chi connectivity index (χ0n) is 12.7. The number of amides is 2. The third kappa shape index (κ3) is 2.91. The molecule has 4 N–H and O–H groups in total. The molecule has 1 unspecified atom stereocenters. The summed E-state index contributed by atoms with van der Waals surface area (Å²) in [5, 5.41) is 0. The average molecular weight is 311 g/mol. The summed E-state index contributed by atoms with van der Waals surface area (Å²) in [7, 11) is 0. The fraction of sp³-hybridized carbons (Fsp3) is 0.800. The molecule has 0 bridgehead atoms. The maximum absolute atomic E-state index is 13.0. The largest absolute Gasteiger partial charge is 0.392 e. The molecule has 2 aliphatic rings. The van der Waals surface area contributed by atoms with Gasteiger partial charge < -0.3 is 16.4 Å². The van der Waals surface area contributed by atoms with Crippen molar-refractivity contribution in [3.63, 3.8) is 0 Å². The van der Waals surface area contributed by atoms with Crippen LogP contribution < -0.4 is 11.5 Å². The van der Waals surface area contributed by atoms with Crippen LogP contribution >= 0.6 is 12.2 Å². The highest BCUT2D eigenvalue weighted by Crippen LogP contribution is 2.40. The first-order valence-corrected chi connectivity index (χ1v) is 8.12. The van der Waals surface area contributed by atoms with Crippen molar-refractivity contribution in [1.29, 1.82) is 0 Å². The molecule has 0 aromatic heterocycles. The normalized spacial score (nSPS) is 28.9. The molecule has 1 atom stereocenters. The summed E-state index contributed by atoms with van der Waals surface area (Å²) >= 11 is 5.25. The zero-order valence-corrected chi connectivity index (χ0v) is 13.5. The molecule has 2 amide bonds. The number of hydrogen-bond donors (Lipinski definition) is 2. The summed E-state index contributed by atoms with van der Waals surface area (Å²) < 4.78 is 0. The number of thiocarbonyl (C=S) groups is 1. The third-order valence-corrected chi connectivity index (χ3v) is 5.58. The molecule has 0 aromatic rings. The number of hydrogen-bond acceptors (Lipinski definition) is 3. The van der Waals surface area contributed by atoms with Crippen LogP contribution in [0.25, 0.3) is 0 Å². The molecule has 1 saturated carbocycles. The van der Waals surface area contributed by atoms with Crippen LogP contribution in [0, 0.1) is 10.8 Å². The van der Waals surface area contributed by atoms with Gasteiger partial charge in [-0.3, -0.25) is 9.59 Å². The molecule has 1 aliphatic carbocycles. The fourth-order valence-electron chi connectivity index (χ4n) is 3.54. The predicted molar refractivity (Wildman–Crippen MR) is 85.4 cm³/mol. The van der Waals surface area contributed by atoms with E-state index in [4.69, 9.17) is 23.7 Å². The lowest BCUT2D eigenvalue weighted by molar-refractivity contribution is -0.138. The SMILES string of the molecule is CC1(C(N)=O)CCN(C(=O)C2(C(N)=S)CCCCCC2)C1. The van der Waals surface area contributed by atoms with Crippen LogP contribution in [-0.2, 0) is 9.59 Å². The molecular weight excluding hydrogens is 286 g/mol. The minimum atomic E-state index is -0.714. The van der Waals surface area contributed by atoms with E-state index in [0.717, 1.165) is 38.5 Å². The van der Waals surface area contributed by atoms with Gasteiger partial charge in [-0.2, -0.15) is 0 Å². The lowest BCUT2D eigenvalue weighted by atomic mass is 9.78. The summed E-state index contributed by atoms with van der Waals surface area (Å²) in [6.45, 7) is 2.76. The molecule has 0 radical (unpaired) electrons. The Kier molecular flexibility index (Phi) is 4.56. The second kappa shape index (κ2) is 5.91. The van der Waals surface area contributed by atoms with Crippen molar-refractivity contribution in [3.05, 3.63) is 0 Å². The monoisotopic (exact) mass is 311 g/mol. The second-order valence-corrected chi connectivity index (χ2v) is 7.20. The van der Waals surface area contributed by atoms with E-state index in [1.807, 2.05) is 6.92 Å². The maximum Gasteiger partial charge on any atom is 0.235 e. The van der Waals surface area contributed by atoms with E-state index in [2.05, 4.69) is 0 Å². The summed E-state index contributed by atoms with van der Waals surface area (Å²) in [4.78, 5) is 26.7. The van der Waals surface area contributed by atoms with E-state index in [1.165, 1.54) is 0 Å². The summed E-state index contributed by atoms with van der Waals surface area (Å²) in [6.07, 6.45) is 6.26. The number of rotatable bonds is 3. The number of carbonyl (C=O) groups is 2. The second-order valence-electron chi connectivity index (χ2n) is 6.76. The molecule has 1 aliphatic heterocycles. The van der Waals surface area contributed by atoms with Crippen molar-refractivity contribution in [2.24, 2.45) is 22.3 Å². The van der Waals surface area contributed by atoms with Crippen molar-refractivity contribution < 1.29 is 9.59 Å². The van der Waals surface area contributed by atoms with E-state index >= 15 is 0 Å². The van der Waals surface area contributed by atoms with E-state index in [1.54, 1.807) is 4.90 Å². The molecule has 5 nitrogen and oxygen atoms in total. The molecule has 118 valence electrons. The first-order valence-electron chi connectivity index (χ1n) is 7.71. The lowest BCUT2D eigenvalue weighted by Crippen LogP contribution is -2.50. The van der Waals surface area contributed by atoms with Crippen LogP contribution in [0.4, 0.5) is 0 Å². The predicted octanol–water partition coefficient (Wildman–Crippen LogP) is 1.34.